The third kappa shape index (κ3) is 1.42. The van der Waals surface area contributed by atoms with Gasteiger partial charge in [0.25, 0.3) is 0 Å². The van der Waals surface area contributed by atoms with E-state index in [0.29, 0.717) is 11.8 Å². The normalized spacial score (nSPS) is 30.3. The smallest absolute Gasteiger partial charge is 0.0620 e. The van der Waals surface area contributed by atoms with E-state index in [-0.39, 0.29) is 6.10 Å². The van der Waals surface area contributed by atoms with Gasteiger partial charge in [-0.25, -0.2) is 0 Å². The molecule has 2 aliphatic rings. The number of hydrogen-bond acceptors (Lipinski definition) is 2. The van der Waals surface area contributed by atoms with Crippen LogP contribution in [0.3, 0.4) is 0 Å². The fourth-order valence-corrected chi connectivity index (χ4v) is 2.24. The molecule has 2 nitrogen and oxygen atoms in total. The SMILES string of the molecule is OC(C1CCCC1)C1CNC1. The first-order valence-electron chi connectivity index (χ1n) is 4.76. The molecule has 1 aliphatic heterocycles. The number of nitrogens with one attached hydrogen (secondary N) is 1. The van der Waals surface area contributed by atoms with E-state index >= 15 is 0 Å². The molecular weight excluding hydrogens is 138 g/mol. The number of rotatable bonds is 2. The third-order valence-corrected chi connectivity index (χ3v) is 3.18. The third-order valence-electron chi connectivity index (χ3n) is 3.18. The number of aliphatic hydroxyl groups is 1. The van der Waals surface area contributed by atoms with Gasteiger partial charge in [0.1, 0.15) is 0 Å². The van der Waals surface area contributed by atoms with Crippen molar-refractivity contribution in [1.29, 1.82) is 0 Å². The highest BCUT2D eigenvalue weighted by atomic mass is 16.3. The summed E-state index contributed by atoms with van der Waals surface area (Å²) in [5.41, 5.74) is 0. The Labute approximate surface area is 68.0 Å². The second kappa shape index (κ2) is 3.11. The topological polar surface area (TPSA) is 32.3 Å². The van der Waals surface area contributed by atoms with Crippen molar-refractivity contribution in [2.45, 2.75) is 31.8 Å². The van der Waals surface area contributed by atoms with Gasteiger partial charge in [-0.15, -0.1) is 0 Å². The Hall–Kier alpha value is -0.0800. The van der Waals surface area contributed by atoms with E-state index < -0.39 is 0 Å². The highest BCUT2D eigenvalue weighted by Crippen LogP contribution is 2.31. The molecular formula is C9H17NO. The molecule has 2 heteroatoms. The van der Waals surface area contributed by atoms with E-state index in [4.69, 9.17) is 0 Å². The fourth-order valence-electron chi connectivity index (χ4n) is 2.24. The van der Waals surface area contributed by atoms with Gasteiger partial charge in [-0.05, 0) is 18.8 Å². The lowest BCUT2D eigenvalue weighted by atomic mass is 9.86. The zero-order valence-corrected chi connectivity index (χ0v) is 6.92. The first-order valence-corrected chi connectivity index (χ1v) is 4.76. The van der Waals surface area contributed by atoms with E-state index in [1.165, 1.54) is 25.7 Å². The minimum Gasteiger partial charge on any atom is -0.392 e. The van der Waals surface area contributed by atoms with Crippen molar-refractivity contribution in [2.75, 3.05) is 13.1 Å². The van der Waals surface area contributed by atoms with Crippen LogP contribution >= 0.6 is 0 Å². The quantitative estimate of drug-likeness (QED) is 0.617. The maximum absolute atomic E-state index is 9.83. The average Bonchev–Trinajstić information content (AvgIpc) is 2.32. The van der Waals surface area contributed by atoms with Crippen molar-refractivity contribution < 1.29 is 5.11 Å². The first kappa shape index (κ1) is 7.56. The van der Waals surface area contributed by atoms with Crippen LogP contribution in [0.5, 0.6) is 0 Å². The van der Waals surface area contributed by atoms with Gasteiger partial charge in [-0.3, -0.25) is 0 Å². The molecule has 2 N–H and O–H groups in total. The molecule has 2 fully saturated rings. The first-order chi connectivity index (χ1) is 5.38. The lowest BCUT2D eigenvalue weighted by molar-refractivity contribution is 0.0290. The van der Waals surface area contributed by atoms with Crippen molar-refractivity contribution in [3.63, 3.8) is 0 Å². The van der Waals surface area contributed by atoms with Crippen LogP contribution in [-0.4, -0.2) is 24.3 Å². The summed E-state index contributed by atoms with van der Waals surface area (Å²) in [6.07, 6.45) is 5.19. The molecule has 0 aromatic rings. The van der Waals surface area contributed by atoms with E-state index in [1.807, 2.05) is 0 Å². The molecule has 1 unspecified atom stereocenters. The summed E-state index contributed by atoms with van der Waals surface area (Å²) in [7, 11) is 0. The molecule has 11 heavy (non-hydrogen) atoms. The van der Waals surface area contributed by atoms with Crippen LogP contribution in [0.15, 0.2) is 0 Å². The molecule has 0 aromatic carbocycles. The Bertz CT molecular complexity index is 128. The zero-order valence-electron chi connectivity index (χ0n) is 6.92. The molecule has 1 heterocycles. The predicted molar refractivity (Wildman–Crippen MR) is 44.3 cm³/mol. The molecule has 0 aromatic heterocycles. The van der Waals surface area contributed by atoms with Crippen molar-refractivity contribution in [1.82, 2.24) is 5.32 Å². The molecule has 64 valence electrons. The average molecular weight is 155 g/mol. The van der Waals surface area contributed by atoms with Crippen molar-refractivity contribution in [3.05, 3.63) is 0 Å². The van der Waals surface area contributed by atoms with Crippen LogP contribution in [0.1, 0.15) is 25.7 Å². The maximum Gasteiger partial charge on any atom is 0.0620 e. The van der Waals surface area contributed by atoms with Gasteiger partial charge >= 0.3 is 0 Å². The monoisotopic (exact) mass is 155 g/mol. The van der Waals surface area contributed by atoms with Crippen LogP contribution in [0.25, 0.3) is 0 Å². The Morgan fingerprint density at radius 3 is 2.18 bits per heavy atom. The minimum atomic E-state index is -0.00116. The lowest BCUT2D eigenvalue weighted by Crippen LogP contribution is -2.50. The van der Waals surface area contributed by atoms with Crippen molar-refractivity contribution in [2.24, 2.45) is 11.8 Å². The second-order valence-electron chi connectivity index (χ2n) is 3.95. The van der Waals surface area contributed by atoms with Gasteiger partial charge in [0.15, 0.2) is 0 Å². The summed E-state index contributed by atoms with van der Waals surface area (Å²) in [5, 5.41) is 13.0. The van der Waals surface area contributed by atoms with E-state index in [2.05, 4.69) is 5.32 Å². The highest BCUT2D eigenvalue weighted by Gasteiger charge is 2.32. The van der Waals surface area contributed by atoms with Crippen molar-refractivity contribution >= 4 is 0 Å². The van der Waals surface area contributed by atoms with Gasteiger partial charge in [0, 0.05) is 19.0 Å². The molecule has 0 amide bonds. The van der Waals surface area contributed by atoms with Gasteiger partial charge < -0.3 is 10.4 Å². The zero-order chi connectivity index (χ0) is 7.68. The molecule has 0 bridgehead atoms. The van der Waals surface area contributed by atoms with Crippen LogP contribution in [0.2, 0.25) is 0 Å². The number of hydrogen-bond donors (Lipinski definition) is 2. The van der Waals surface area contributed by atoms with E-state index in [1.54, 1.807) is 0 Å². The Kier molecular flexibility index (Phi) is 2.14. The Morgan fingerprint density at radius 1 is 1.09 bits per heavy atom. The van der Waals surface area contributed by atoms with Crippen LogP contribution < -0.4 is 5.32 Å². The molecule has 1 saturated heterocycles. The molecule has 1 atom stereocenters. The summed E-state index contributed by atoms with van der Waals surface area (Å²) in [6, 6.07) is 0. The molecule has 2 rings (SSSR count). The molecule has 1 aliphatic carbocycles. The number of aliphatic hydroxyl groups excluding tert-OH is 1. The molecule has 1 saturated carbocycles. The molecule has 0 spiro atoms. The minimum absolute atomic E-state index is 0.00116. The Balaban J connectivity index is 1.82. The lowest BCUT2D eigenvalue weighted by Gasteiger charge is -2.34. The summed E-state index contributed by atoms with van der Waals surface area (Å²) in [6.45, 7) is 2.08. The van der Waals surface area contributed by atoms with E-state index in [9.17, 15) is 5.11 Å². The van der Waals surface area contributed by atoms with Crippen LogP contribution in [0.4, 0.5) is 0 Å². The standard InChI is InChI=1S/C9H17NO/c11-9(8-5-10-6-8)7-3-1-2-4-7/h7-11H,1-6H2. The van der Waals surface area contributed by atoms with Crippen molar-refractivity contribution in [3.8, 4) is 0 Å². The predicted octanol–water partition coefficient (Wildman–Crippen LogP) is 0.757. The van der Waals surface area contributed by atoms with Crippen LogP contribution in [-0.2, 0) is 0 Å². The Morgan fingerprint density at radius 2 is 1.73 bits per heavy atom. The second-order valence-corrected chi connectivity index (χ2v) is 3.95. The summed E-state index contributed by atoms with van der Waals surface area (Å²) in [5.74, 6) is 1.19. The van der Waals surface area contributed by atoms with Crippen LogP contribution in [0, 0.1) is 11.8 Å². The highest BCUT2D eigenvalue weighted by molar-refractivity contribution is 4.87. The van der Waals surface area contributed by atoms with Gasteiger partial charge in [0.2, 0.25) is 0 Å². The maximum atomic E-state index is 9.83. The molecule has 0 radical (unpaired) electrons. The van der Waals surface area contributed by atoms with Gasteiger partial charge in [-0.1, -0.05) is 12.8 Å². The van der Waals surface area contributed by atoms with E-state index in [0.717, 1.165) is 13.1 Å². The summed E-state index contributed by atoms with van der Waals surface area (Å²) >= 11 is 0. The summed E-state index contributed by atoms with van der Waals surface area (Å²) in [4.78, 5) is 0. The fraction of sp³-hybridized carbons (Fsp3) is 1.00. The largest absolute Gasteiger partial charge is 0.392 e. The summed E-state index contributed by atoms with van der Waals surface area (Å²) < 4.78 is 0. The van der Waals surface area contributed by atoms with Gasteiger partial charge in [-0.2, -0.15) is 0 Å². The van der Waals surface area contributed by atoms with Gasteiger partial charge in [0.05, 0.1) is 6.10 Å².